The van der Waals surface area contributed by atoms with Crippen molar-refractivity contribution >= 4 is 0 Å². The second-order valence-corrected chi connectivity index (χ2v) is 6.33. The maximum Gasteiger partial charge on any atom is 0.0166 e. The fraction of sp³-hybridized carbons (Fsp3) is 0.647. The summed E-state index contributed by atoms with van der Waals surface area (Å²) in [5, 5.41) is 3.73. The van der Waals surface area contributed by atoms with Crippen molar-refractivity contribution in [3.63, 3.8) is 0 Å². The smallest absolute Gasteiger partial charge is 0.0166 e. The van der Waals surface area contributed by atoms with E-state index >= 15 is 0 Å². The Balaban J connectivity index is 1.37. The molecule has 3 atom stereocenters. The summed E-state index contributed by atoms with van der Waals surface area (Å²) in [6.07, 6.45) is 4.16. The second-order valence-electron chi connectivity index (χ2n) is 6.33. The monoisotopic (exact) mass is 258 g/mol. The second kappa shape index (κ2) is 6.06. The summed E-state index contributed by atoms with van der Waals surface area (Å²) < 4.78 is 0. The summed E-state index contributed by atoms with van der Waals surface area (Å²) >= 11 is 0. The molecule has 1 aliphatic carbocycles. The molecule has 1 aromatic rings. The van der Waals surface area contributed by atoms with Crippen LogP contribution in [-0.4, -0.2) is 37.1 Å². The molecule has 2 aliphatic rings. The van der Waals surface area contributed by atoms with E-state index in [1.807, 2.05) is 0 Å². The number of likely N-dealkylation sites (tertiary alicyclic amines) is 1. The number of hydrogen-bond acceptors (Lipinski definition) is 2. The number of nitrogens with zero attached hydrogens (tertiary/aromatic N) is 1. The van der Waals surface area contributed by atoms with Crippen LogP contribution in [0.5, 0.6) is 0 Å². The highest BCUT2D eigenvalue weighted by atomic mass is 15.2. The highest BCUT2D eigenvalue weighted by Gasteiger charge is 2.37. The Bertz CT molecular complexity index is 384. The molecule has 104 valence electrons. The Labute approximate surface area is 117 Å². The van der Waals surface area contributed by atoms with E-state index < -0.39 is 0 Å². The molecule has 19 heavy (non-hydrogen) atoms. The van der Waals surface area contributed by atoms with Crippen LogP contribution in [0.25, 0.3) is 0 Å². The lowest BCUT2D eigenvalue weighted by Crippen LogP contribution is -2.38. The zero-order valence-corrected chi connectivity index (χ0v) is 12.0. The van der Waals surface area contributed by atoms with Crippen LogP contribution >= 0.6 is 0 Å². The predicted octanol–water partition coefficient (Wildman–Crippen LogP) is 2.86. The van der Waals surface area contributed by atoms with Crippen molar-refractivity contribution in [2.75, 3.05) is 26.2 Å². The molecule has 1 heterocycles. The molecule has 0 amide bonds. The minimum atomic E-state index is 0.634. The van der Waals surface area contributed by atoms with Gasteiger partial charge in [0.05, 0.1) is 0 Å². The van der Waals surface area contributed by atoms with E-state index in [1.54, 1.807) is 0 Å². The molecule has 1 N–H and O–H groups in total. The molecule has 2 heteroatoms. The molecular weight excluding hydrogens is 232 g/mol. The predicted molar refractivity (Wildman–Crippen MR) is 80.4 cm³/mol. The fourth-order valence-electron chi connectivity index (χ4n) is 3.35. The molecule has 0 spiro atoms. The molecule has 1 aromatic carbocycles. The van der Waals surface area contributed by atoms with Crippen molar-refractivity contribution in [2.45, 2.75) is 38.1 Å². The highest BCUT2D eigenvalue weighted by Crippen LogP contribution is 2.46. The summed E-state index contributed by atoms with van der Waals surface area (Å²) in [7, 11) is 0. The molecule has 1 saturated heterocycles. The largest absolute Gasteiger partial charge is 0.313 e. The minimum Gasteiger partial charge on any atom is -0.313 e. The third-order valence-electron chi connectivity index (χ3n) is 4.61. The molecule has 1 saturated carbocycles. The molecule has 0 bridgehead atoms. The minimum absolute atomic E-state index is 0.634. The first-order valence-corrected chi connectivity index (χ1v) is 7.83. The highest BCUT2D eigenvalue weighted by molar-refractivity contribution is 5.25. The molecular formula is C17H26N2. The Morgan fingerprint density at radius 3 is 2.68 bits per heavy atom. The molecule has 1 aliphatic heterocycles. The van der Waals surface area contributed by atoms with Crippen LogP contribution in [0.3, 0.4) is 0 Å². The van der Waals surface area contributed by atoms with Gasteiger partial charge in [-0.25, -0.2) is 0 Å². The van der Waals surface area contributed by atoms with E-state index in [9.17, 15) is 0 Å². The van der Waals surface area contributed by atoms with Crippen molar-refractivity contribution < 1.29 is 0 Å². The van der Waals surface area contributed by atoms with Gasteiger partial charge in [-0.15, -0.1) is 0 Å². The third-order valence-corrected chi connectivity index (χ3v) is 4.61. The molecule has 3 rings (SSSR count). The van der Waals surface area contributed by atoms with Crippen molar-refractivity contribution in [3.8, 4) is 0 Å². The normalized spacial score (nSPS) is 28.5. The van der Waals surface area contributed by atoms with Crippen LogP contribution < -0.4 is 5.32 Å². The molecule has 2 fully saturated rings. The fourth-order valence-corrected chi connectivity index (χ4v) is 3.35. The van der Waals surface area contributed by atoms with E-state index in [1.165, 1.54) is 51.0 Å². The van der Waals surface area contributed by atoms with E-state index in [2.05, 4.69) is 47.5 Å². The first-order valence-electron chi connectivity index (χ1n) is 7.83. The quantitative estimate of drug-likeness (QED) is 0.844. The van der Waals surface area contributed by atoms with Crippen LogP contribution in [0.4, 0.5) is 0 Å². The van der Waals surface area contributed by atoms with Crippen molar-refractivity contribution in [2.24, 2.45) is 5.92 Å². The summed E-state index contributed by atoms with van der Waals surface area (Å²) in [6, 6.07) is 11.6. The average Bonchev–Trinajstić information content (AvgIpc) is 3.05. The van der Waals surface area contributed by atoms with E-state index in [0.29, 0.717) is 6.04 Å². The van der Waals surface area contributed by atoms with Crippen LogP contribution in [0, 0.1) is 5.92 Å². The maximum atomic E-state index is 3.73. The van der Waals surface area contributed by atoms with Gasteiger partial charge in [0.15, 0.2) is 0 Å². The Morgan fingerprint density at radius 2 is 1.95 bits per heavy atom. The molecule has 0 radical (unpaired) electrons. The van der Waals surface area contributed by atoms with Crippen LogP contribution in [0.2, 0.25) is 0 Å². The lowest BCUT2D eigenvalue weighted by molar-refractivity contribution is 0.297. The lowest BCUT2D eigenvalue weighted by atomic mass is 10.1. The van der Waals surface area contributed by atoms with Gasteiger partial charge in [-0.2, -0.15) is 0 Å². The van der Waals surface area contributed by atoms with Gasteiger partial charge in [-0.3, -0.25) is 0 Å². The van der Waals surface area contributed by atoms with Gasteiger partial charge in [-0.05, 0) is 63.2 Å². The van der Waals surface area contributed by atoms with Crippen LogP contribution in [-0.2, 0) is 0 Å². The summed E-state index contributed by atoms with van der Waals surface area (Å²) in [4.78, 5) is 2.60. The number of benzene rings is 1. The number of hydrogen-bond donors (Lipinski definition) is 1. The Kier molecular flexibility index (Phi) is 4.19. The van der Waals surface area contributed by atoms with Gasteiger partial charge in [0.1, 0.15) is 0 Å². The van der Waals surface area contributed by atoms with E-state index in [4.69, 9.17) is 0 Å². The SMILES string of the molecule is CC(CN1CCCC1)NCC1CC1c1ccccc1. The summed E-state index contributed by atoms with van der Waals surface area (Å²) in [5.41, 5.74) is 1.53. The summed E-state index contributed by atoms with van der Waals surface area (Å²) in [5.74, 6) is 1.68. The Morgan fingerprint density at radius 1 is 1.21 bits per heavy atom. The van der Waals surface area contributed by atoms with Gasteiger partial charge < -0.3 is 10.2 Å². The molecule has 0 aromatic heterocycles. The van der Waals surface area contributed by atoms with E-state index in [-0.39, 0.29) is 0 Å². The van der Waals surface area contributed by atoms with Gasteiger partial charge in [0, 0.05) is 12.6 Å². The molecule has 2 nitrogen and oxygen atoms in total. The van der Waals surface area contributed by atoms with Gasteiger partial charge in [0.25, 0.3) is 0 Å². The van der Waals surface area contributed by atoms with Gasteiger partial charge in [-0.1, -0.05) is 30.3 Å². The number of rotatable bonds is 6. The third kappa shape index (κ3) is 3.58. The van der Waals surface area contributed by atoms with Crippen molar-refractivity contribution in [1.82, 2.24) is 10.2 Å². The lowest BCUT2D eigenvalue weighted by Gasteiger charge is -2.21. The van der Waals surface area contributed by atoms with Gasteiger partial charge in [0.2, 0.25) is 0 Å². The number of nitrogens with one attached hydrogen (secondary N) is 1. The van der Waals surface area contributed by atoms with Crippen molar-refractivity contribution in [1.29, 1.82) is 0 Å². The summed E-state index contributed by atoms with van der Waals surface area (Å²) in [6.45, 7) is 7.36. The average molecular weight is 258 g/mol. The standard InChI is InChI=1S/C17H26N2/c1-14(13-19-9-5-6-10-19)18-12-16-11-17(16)15-7-3-2-4-8-15/h2-4,7-8,14,16-18H,5-6,9-13H2,1H3. The zero-order valence-electron chi connectivity index (χ0n) is 12.0. The topological polar surface area (TPSA) is 15.3 Å². The van der Waals surface area contributed by atoms with E-state index in [0.717, 1.165) is 11.8 Å². The Hall–Kier alpha value is -0.860. The first kappa shape index (κ1) is 13.1. The van der Waals surface area contributed by atoms with Gasteiger partial charge >= 0.3 is 0 Å². The van der Waals surface area contributed by atoms with Crippen LogP contribution in [0.15, 0.2) is 30.3 Å². The van der Waals surface area contributed by atoms with Crippen molar-refractivity contribution in [3.05, 3.63) is 35.9 Å². The zero-order chi connectivity index (χ0) is 13.1. The van der Waals surface area contributed by atoms with Crippen LogP contribution in [0.1, 0.15) is 37.7 Å². The maximum absolute atomic E-state index is 3.73. The first-order chi connectivity index (χ1) is 9.33. The molecule has 3 unspecified atom stereocenters.